The number of halogens is 3. The molecule has 0 unspecified atom stereocenters. The Hall–Kier alpha value is -2.05. The summed E-state index contributed by atoms with van der Waals surface area (Å²) in [5.41, 5.74) is 6.94. The predicted molar refractivity (Wildman–Crippen MR) is 119 cm³/mol. The Morgan fingerprint density at radius 2 is 1.90 bits per heavy atom. The van der Waals surface area contributed by atoms with Crippen molar-refractivity contribution in [2.75, 3.05) is 0 Å². The molecule has 0 spiro atoms. The molecule has 3 aromatic rings. The Kier molecular flexibility index (Phi) is 6.07. The van der Waals surface area contributed by atoms with E-state index in [0.29, 0.717) is 0 Å². The maximum Gasteiger partial charge on any atom is 0.159 e. The number of fused-ring (bicyclic) bond motifs is 1. The fourth-order valence-electron chi connectivity index (χ4n) is 4.65. The Morgan fingerprint density at radius 3 is 2.60 bits per heavy atom. The number of pyridine rings is 1. The summed E-state index contributed by atoms with van der Waals surface area (Å²) in [7, 11) is 0. The number of hydrogen-bond acceptors (Lipinski definition) is 3. The van der Waals surface area contributed by atoms with Crippen molar-refractivity contribution in [3.05, 3.63) is 70.5 Å². The maximum absolute atomic E-state index is 14.0. The molecule has 1 aliphatic carbocycles. The molecular weight excluding hydrogens is 450 g/mol. The number of rotatable bonds is 5. The second-order valence-electron chi connectivity index (χ2n) is 8.12. The molecule has 3 nitrogen and oxygen atoms in total. The minimum atomic E-state index is -0.827. The average Bonchev–Trinajstić information content (AvgIpc) is 2.76. The lowest BCUT2D eigenvalue weighted by molar-refractivity contribution is 0.103. The van der Waals surface area contributed by atoms with Gasteiger partial charge in [-0.15, -0.1) is 0 Å². The normalized spacial score (nSPS) is 22.8. The molecule has 4 rings (SSSR count). The van der Waals surface area contributed by atoms with Crippen LogP contribution in [-0.4, -0.2) is 17.1 Å². The van der Waals surface area contributed by atoms with E-state index in [1.807, 2.05) is 31.3 Å². The number of hydrogen-bond donors (Lipinski definition) is 1. The summed E-state index contributed by atoms with van der Waals surface area (Å²) >= 11 is 3.60. The zero-order valence-corrected chi connectivity index (χ0v) is 18.5. The van der Waals surface area contributed by atoms with Crippen molar-refractivity contribution in [2.24, 2.45) is 5.73 Å². The molecule has 1 heterocycles. The first-order valence-corrected chi connectivity index (χ1v) is 11.1. The van der Waals surface area contributed by atoms with Crippen LogP contribution in [-0.2, 0) is 5.41 Å². The Labute approximate surface area is 183 Å². The Bertz CT molecular complexity index is 1050. The van der Waals surface area contributed by atoms with Gasteiger partial charge in [0.15, 0.2) is 11.6 Å². The molecule has 1 aliphatic rings. The van der Waals surface area contributed by atoms with Crippen LogP contribution in [0.15, 0.2) is 53.3 Å². The highest BCUT2D eigenvalue weighted by Crippen LogP contribution is 2.44. The summed E-state index contributed by atoms with van der Waals surface area (Å²) in [6.45, 7) is 2.04. The highest BCUT2D eigenvalue weighted by atomic mass is 79.9. The predicted octanol–water partition coefficient (Wildman–Crippen LogP) is 6.27. The standard InChI is InChI=1S/C24H25BrF2N2O/c1-2-23(28)24(17-3-4-20(26)21(27)13-17)8-5-18(6-9-24)30-22-12-15-7-10-29-14-16(15)11-19(22)25/h3-4,7,10-14,18,23H,2,5-6,8-9,28H2,1H3/t18-,23-,24+/m0/s1. The molecule has 1 saturated carbocycles. The van der Waals surface area contributed by atoms with Crippen molar-refractivity contribution in [2.45, 2.75) is 56.6 Å². The molecule has 2 aromatic carbocycles. The molecule has 0 saturated heterocycles. The van der Waals surface area contributed by atoms with Crippen LogP contribution in [0.3, 0.4) is 0 Å². The van der Waals surface area contributed by atoms with Crippen molar-refractivity contribution in [3.63, 3.8) is 0 Å². The van der Waals surface area contributed by atoms with Crippen molar-refractivity contribution in [1.29, 1.82) is 0 Å². The third kappa shape index (κ3) is 3.95. The summed E-state index contributed by atoms with van der Waals surface area (Å²) in [5.74, 6) is -0.839. The van der Waals surface area contributed by atoms with Gasteiger partial charge in [0.25, 0.3) is 0 Å². The lowest BCUT2D eigenvalue weighted by atomic mass is 9.64. The summed E-state index contributed by atoms with van der Waals surface area (Å²) in [5, 5.41) is 2.12. The number of nitrogens with zero attached hydrogens (tertiary/aromatic N) is 1. The van der Waals surface area contributed by atoms with E-state index in [1.165, 1.54) is 12.1 Å². The zero-order valence-electron chi connectivity index (χ0n) is 16.9. The fourth-order valence-corrected chi connectivity index (χ4v) is 5.11. The molecule has 30 heavy (non-hydrogen) atoms. The highest BCUT2D eigenvalue weighted by molar-refractivity contribution is 9.10. The van der Waals surface area contributed by atoms with Gasteiger partial charge in [0.2, 0.25) is 0 Å². The van der Waals surface area contributed by atoms with Gasteiger partial charge < -0.3 is 10.5 Å². The SMILES string of the molecule is CC[C@H](N)[C@]1(c2ccc(F)c(F)c2)CC[C@H](Oc2cc3ccncc3cc2Br)CC1. The van der Waals surface area contributed by atoms with Crippen LogP contribution in [0.5, 0.6) is 5.75 Å². The minimum Gasteiger partial charge on any atom is -0.489 e. The van der Waals surface area contributed by atoms with Crippen molar-refractivity contribution in [3.8, 4) is 5.75 Å². The first kappa shape index (κ1) is 21.2. The van der Waals surface area contributed by atoms with Crippen LogP contribution in [0, 0.1) is 11.6 Å². The van der Waals surface area contributed by atoms with Gasteiger partial charge in [-0.25, -0.2) is 8.78 Å². The monoisotopic (exact) mass is 474 g/mol. The van der Waals surface area contributed by atoms with Crippen molar-refractivity contribution >= 4 is 26.7 Å². The summed E-state index contributed by atoms with van der Waals surface area (Å²) in [6.07, 6.45) is 7.55. The molecule has 0 aliphatic heterocycles. The number of ether oxygens (including phenoxy) is 1. The summed E-state index contributed by atoms with van der Waals surface area (Å²) in [6, 6.07) is 10.1. The number of nitrogens with two attached hydrogens (primary N) is 1. The first-order chi connectivity index (χ1) is 14.4. The van der Waals surface area contributed by atoms with E-state index in [2.05, 4.69) is 20.9 Å². The molecule has 2 N–H and O–H groups in total. The van der Waals surface area contributed by atoms with E-state index >= 15 is 0 Å². The van der Waals surface area contributed by atoms with E-state index < -0.39 is 11.6 Å². The van der Waals surface area contributed by atoms with Crippen LogP contribution in [0.4, 0.5) is 8.78 Å². The number of aromatic nitrogens is 1. The zero-order chi connectivity index (χ0) is 21.3. The molecule has 1 fully saturated rings. The number of benzene rings is 2. The minimum absolute atomic E-state index is 0.0445. The van der Waals surface area contributed by atoms with Crippen LogP contribution in [0.1, 0.15) is 44.6 Å². The van der Waals surface area contributed by atoms with Crippen molar-refractivity contribution < 1.29 is 13.5 Å². The third-order valence-electron chi connectivity index (χ3n) is 6.45. The molecule has 158 valence electrons. The molecule has 0 amide bonds. The van der Waals surface area contributed by atoms with Gasteiger partial charge in [0.1, 0.15) is 5.75 Å². The maximum atomic E-state index is 14.0. The molecule has 0 bridgehead atoms. The quantitative estimate of drug-likeness (QED) is 0.473. The lowest BCUT2D eigenvalue weighted by Crippen LogP contribution is -2.49. The van der Waals surface area contributed by atoms with E-state index in [4.69, 9.17) is 10.5 Å². The van der Waals surface area contributed by atoms with Gasteiger partial charge in [-0.05, 0) is 89.3 Å². The van der Waals surface area contributed by atoms with Crippen molar-refractivity contribution in [1.82, 2.24) is 4.98 Å². The Morgan fingerprint density at radius 1 is 1.13 bits per heavy atom. The third-order valence-corrected chi connectivity index (χ3v) is 7.07. The van der Waals surface area contributed by atoms with Crippen LogP contribution in [0.25, 0.3) is 10.8 Å². The van der Waals surface area contributed by atoms with E-state index in [1.54, 1.807) is 12.3 Å². The summed E-state index contributed by atoms with van der Waals surface area (Å²) < 4.78 is 34.7. The Balaban J connectivity index is 1.55. The van der Waals surface area contributed by atoms with Gasteiger partial charge in [-0.1, -0.05) is 13.0 Å². The van der Waals surface area contributed by atoms with Gasteiger partial charge in [0.05, 0.1) is 10.6 Å². The van der Waals surface area contributed by atoms with Gasteiger partial charge in [0, 0.05) is 29.2 Å². The second kappa shape index (κ2) is 8.60. The van der Waals surface area contributed by atoms with E-state index in [-0.39, 0.29) is 17.6 Å². The molecular formula is C24H25BrF2N2O. The largest absolute Gasteiger partial charge is 0.489 e. The molecule has 6 heteroatoms. The van der Waals surface area contributed by atoms with Gasteiger partial charge in [-0.2, -0.15) is 0 Å². The van der Waals surface area contributed by atoms with Gasteiger partial charge >= 0.3 is 0 Å². The topological polar surface area (TPSA) is 48.1 Å². The van der Waals surface area contributed by atoms with E-state index in [0.717, 1.165) is 58.7 Å². The van der Waals surface area contributed by atoms with E-state index in [9.17, 15) is 8.78 Å². The van der Waals surface area contributed by atoms with Crippen LogP contribution >= 0.6 is 15.9 Å². The van der Waals surface area contributed by atoms with Crippen LogP contribution < -0.4 is 10.5 Å². The molecule has 0 radical (unpaired) electrons. The molecule has 1 atom stereocenters. The summed E-state index contributed by atoms with van der Waals surface area (Å²) in [4.78, 5) is 4.16. The second-order valence-corrected chi connectivity index (χ2v) is 8.98. The molecule has 1 aromatic heterocycles. The average molecular weight is 475 g/mol. The van der Waals surface area contributed by atoms with Gasteiger partial charge in [-0.3, -0.25) is 4.98 Å². The smallest absolute Gasteiger partial charge is 0.159 e. The first-order valence-electron chi connectivity index (χ1n) is 10.3. The highest BCUT2D eigenvalue weighted by Gasteiger charge is 2.42. The van der Waals surface area contributed by atoms with Crippen LogP contribution in [0.2, 0.25) is 0 Å². The lowest BCUT2D eigenvalue weighted by Gasteiger charge is -2.44. The fraction of sp³-hybridized carbons (Fsp3) is 0.375.